The molecule has 0 aromatic carbocycles. The molecule has 1 saturated carbocycles. The Kier molecular flexibility index (Phi) is 4.65. The van der Waals surface area contributed by atoms with Gasteiger partial charge in [0.2, 0.25) is 0 Å². The average molecular weight is 341 g/mol. The summed E-state index contributed by atoms with van der Waals surface area (Å²) in [5, 5.41) is 3.08. The molecule has 1 atom stereocenters. The van der Waals surface area contributed by atoms with Gasteiger partial charge in [-0.2, -0.15) is 0 Å². The standard InChI is InChI=1S/C18H23N5O2/c24-18(21-16-3-4-16)23-10-15(9-22-7-6-20-17(22)11-23)13-25-12-14-2-1-5-19-8-14/h1-2,5-8,15-16H,3-4,9-13H2,(H,21,24). The number of rotatable bonds is 5. The number of amides is 2. The Hall–Kier alpha value is -2.41. The Morgan fingerprint density at radius 2 is 2.24 bits per heavy atom. The number of carbonyl (C=O) groups excluding carboxylic acids is 1. The van der Waals surface area contributed by atoms with E-state index in [-0.39, 0.29) is 11.9 Å². The fourth-order valence-corrected chi connectivity index (χ4v) is 3.12. The third-order valence-corrected chi connectivity index (χ3v) is 4.60. The summed E-state index contributed by atoms with van der Waals surface area (Å²) in [7, 11) is 0. The summed E-state index contributed by atoms with van der Waals surface area (Å²) in [4.78, 5) is 22.9. The van der Waals surface area contributed by atoms with E-state index in [0.29, 0.717) is 32.3 Å². The van der Waals surface area contributed by atoms with Gasteiger partial charge in [0.05, 0.1) is 19.8 Å². The van der Waals surface area contributed by atoms with Crippen molar-refractivity contribution >= 4 is 6.03 Å². The van der Waals surface area contributed by atoms with Crippen LogP contribution in [0.15, 0.2) is 36.9 Å². The summed E-state index contributed by atoms with van der Waals surface area (Å²) in [6, 6.07) is 4.28. The summed E-state index contributed by atoms with van der Waals surface area (Å²) in [6.45, 7) is 3.17. The number of fused-ring (bicyclic) bond motifs is 1. The number of hydrogen-bond acceptors (Lipinski definition) is 4. The molecule has 2 aliphatic rings. The summed E-state index contributed by atoms with van der Waals surface area (Å²) in [5.41, 5.74) is 1.06. The normalized spacial score (nSPS) is 20.0. The lowest BCUT2D eigenvalue weighted by atomic mass is 10.1. The number of ether oxygens (including phenoxy) is 1. The number of urea groups is 1. The van der Waals surface area contributed by atoms with Crippen LogP contribution in [0.1, 0.15) is 24.2 Å². The first-order valence-electron chi connectivity index (χ1n) is 8.80. The zero-order chi connectivity index (χ0) is 17.1. The summed E-state index contributed by atoms with van der Waals surface area (Å²) in [6.07, 6.45) is 9.52. The van der Waals surface area contributed by atoms with Crippen molar-refractivity contribution < 1.29 is 9.53 Å². The molecular formula is C18H23N5O2. The maximum Gasteiger partial charge on any atom is 0.318 e. The number of aromatic nitrogens is 3. The SMILES string of the molecule is O=C(NC1CC1)N1Cc2nccn2CC(COCc2cccnc2)C1. The number of nitrogens with zero attached hydrogens (tertiary/aromatic N) is 4. The molecule has 0 radical (unpaired) electrons. The predicted octanol–water partition coefficient (Wildman–Crippen LogP) is 1.80. The van der Waals surface area contributed by atoms with Gasteiger partial charge in [0.1, 0.15) is 5.82 Å². The van der Waals surface area contributed by atoms with E-state index < -0.39 is 0 Å². The van der Waals surface area contributed by atoms with Crippen molar-refractivity contribution in [2.45, 2.75) is 38.6 Å². The van der Waals surface area contributed by atoms with Crippen molar-refractivity contribution in [1.82, 2.24) is 24.8 Å². The van der Waals surface area contributed by atoms with Gasteiger partial charge in [-0.05, 0) is 24.5 Å². The highest BCUT2D eigenvalue weighted by molar-refractivity contribution is 5.74. The molecule has 0 spiro atoms. The molecule has 4 rings (SSSR count). The summed E-state index contributed by atoms with van der Waals surface area (Å²) >= 11 is 0. The van der Waals surface area contributed by atoms with E-state index in [1.165, 1.54) is 0 Å². The number of pyridine rings is 1. The van der Waals surface area contributed by atoms with E-state index in [2.05, 4.69) is 19.9 Å². The maximum absolute atomic E-state index is 12.5. The monoisotopic (exact) mass is 341 g/mol. The molecule has 1 unspecified atom stereocenters. The van der Waals surface area contributed by atoms with Crippen molar-refractivity contribution in [3.63, 3.8) is 0 Å². The van der Waals surface area contributed by atoms with E-state index in [1.54, 1.807) is 12.4 Å². The van der Waals surface area contributed by atoms with Gasteiger partial charge < -0.3 is 19.5 Å². The fraction of sp³-hybridized carbons (Fsp3) is 0.500. The quantitative estimate of drug-likeness (QED) is 0.900. The molecule has 0 bridgehead atoms. The Labute approximate surface area is 147 Å². The summed E-state index contributed by atoms with van der Waals surface area (Å²) in [5.74, 6) is 1.16. The molecule has 2 amide bonds. The van der Waals surface area contributed by atoms with Crippen molar-refractivity contribution in [2.75, 3.05) is 13.2 Å². The highest BCUT2D eigenvalue weighted by Gasteiger charge is 2.29. The first kappa shape index (κ1) is 16.1. The molecule has 1 aliphatic carbocycles. The second-order valence-electron chi connectivity index (χ2n) is 6.84. The van der Waals surface area contributed by atoms with Crippen LogP contribution in [0.4, 0.5) is 4.79 Å². The van der Waals surface area contributed by atoms with Gasteiger partial charge in [-0.15, -0.1) is 0 Å². The molecule has 25 heavy (non-hydrogen) atoms. The maximum atomic E-state index is 12.5. The van der Waals surface area contributed by atoms with Crippen LogP contribution in [-0.2, 0) is 24.4 Å². The lowest BCUT2D eigenvalue weighted by Gasteiger charge is -2.24. The minimum atomic E-state index is 0.0104. The Morgan fingerprint density at radius 3 is 3.04 bits per heavy atom. The van der Waals surface area contributed by atoms with Gasteiger partial charge in [-0.1, -0.05) is 6.07 Å². The van der Waals surface area contributed by atoms with E-state index in [0.717, 1.165) is 30.8 Å². The Bertz CT molecular complexity index is 713. The second-order valence-corrected chi connectivity index (χ2v) is 6.84. The molecule has 1 aliphatic heterocycles. The lowest BCUT2D eigenvalue weighted by molar-refractivity contribution is 0.0717. The molecule has 1 N–H and O–H groups in total. The van der Waals surface area contributed by atoms with E-state index in [1.807, 2.05) is 29.4 Å². The van der Waals surface area contributed by atoms with Gasteiger partial charge in [0.25, 0.3) is 0 Å². The second kappa shape index (κ2) is 7.23. The van der Waals surface area contributed by atoms with E-state index in [9.17, 15) is 4.79 Å². The minimum absolute atomic E-state index is 0.0104. The molecule has 2 aromatic rings. The van der Waals surface area contributed by atoms with Crippen molar-refractivity contribution in [1.29, 1.82) is 0 Å². The Morgan fingerprint density at radius 1 is 1.32 bits per heavy atom. The zero-order valence-corrected chi connectivity index (χ0v) is 14.2. The number of hydrogen-bond donors (Lipinski definition) is 1. The van der Waals surface area contributed by atoms with Crippen LogP contribution in [0.2, 0.25) is 0 Å². The fourth-order valence-electron chi connectivity index (χ4n) is 3.12. The Balaban J connectivity index is 1.38. The average Bonchev–Trinajstić information content (AvgIpc) is 3.37. The number of imidazole rings is 1. The van der Waals surface area contributed by atoms with Crippen molar-refractivity contribution in [3.05, 3.63) is 48.3 Å². The van der Waals surface area contributed by atoms with Crippen LogP contribution in [0.3, 0.4) is 0 Å². The molecule has 3 heterocycles. The van der Waals surface area contributed by atoms with Gasteiger partial charge in [0, 0.05) is 49.8 Å². The molecule has 7 heteroatoms. The summed E-state index contributed by atoms with van der Waals surface area (Å²) < 4.78 is 8.02. The molecular weight excluding hydrogens is 318 g/mol. The molecule has 132 valence electrons. The zero-order valence-electron chi connectivity index (χ0n) is 14.2. The van der Waals surface area contributed by atoms with Crippen molar-refractivity contribution in [3.8, 4) is 0 Å². The lowest BCUT2D eigenvalue weighted by Crippen LogP contribution is -2.43. The van der Waals surface area contributed by atoms with E-state index in [4.69, 9.17) is 4.74 Å². The van der Waals surface area contributed by atoms with Gasteiger partial charge in [-0.3, -0.25) is 4.98 Å². The largest absolute Gasteiger partial charge is 0.376 e. The first-order valence-corrected chi connectivity index (χ1v) is 8.80. The van der Waals surface area contributed by atoms with Crippen LogP contribution in [-0.4, -0.2) is 44.7 Å². The van der Waals surface area contributed by atoms with Crippen LogP contribution >= 0.6 is 0 Å². The van der Waals surface area contributed by atoms with Gasteiger partial charge in [0.15, 0.2) is 0 Å². The molecule has 0 saturated heterocycles. The topological polar surface area (TPSA) is 72.3 Å². The van der Waals surface area contributed by atoms with Crippen LogP contribution in [0, 0.1) is 5.92 Å². The van der Waals surface area contributed by atoms with Gasteiger partial charge in [-0.25, -0.2) is 9.78 Å². The van der Waals surface area contributed by atoms with Crippen LogP contribution < -0.4 is 5.32 Å². The molecule has 1 fully saturated rings. The third kappa shape index (κ3) is 4.17. The van der Waals surface area contributed by atoms with Crippen LogP contribution in [0.5, 0.6) is 0 Å². The minimum Gasteiger partial charge on any atom is -0.376 e. The van der Waals surface area contributed by atoms with Crippen LogP contribution in [0.25, 0.3) is 0 Å². The molecule has 2 aromatic heterocycles. The first-order chi connectivity index (χ1) is 12.3. The van der Waals surface area contributed by atoms with Gasteiger partial charge >= 0.3 is 6.03 Å². The number of nitrogens with one attached hydrogen (secondary N) is 1. The third-order valence-electron chi connectivity index (χ3n) is 4.60. The molecule has 7 nitrogen and oxygen atoms in total. The number of carbonyl (C=O) groups is 1. The highest BCUT2D eigenvalue weighted by atomic mass is 16.5. The highest BCUT2D eigenvalue weighted by Crippen LogP contribution is 2.21. The smallest absolute Gasteiger partial charge is 0.318 e. The van der Waals surface area contributed by atoms with Crippen molar-refractivity contribution in [2.24, 2.45) is 5.92 Å². The van der Waals surface area contributed by atoms with E-state index >= 15 is 0 Å². The predicted molar refractivity (Wildman–Crippen MR) is 91.6 cm³/mol.